The summed E-state index contributed by atoms with van der Waals surface area (Å²) in [5.74, 6) is 0. The van der Waals surface area contributed by atoms with Crippen molar-refractivity contribution in [1.29, 1.82) is 0 Å². The zero-order valence-corrected chi connectivity index (χ0v) is 15.8. The van der Waals surface area contributed by atoms with Crippen molar-refractivity contribution in [2.45, 2.75) is 32.1 Å². The second kappa shape index (κ2) is 7.74. The molecule has 0 heterocycles. The minimum Gasteiger partial charge on any atom is -0.198 e. The predicted molar refractivity (Wildman–Crippen MR) is 102 cm³/mol. The molecule has 2 aromatic carbocycles. The minimum atomic E-state index is -3.73. The van der Waals surface area contributed by atoms with Gasteiger partial charge >= 0.3 is 0 Å². The first-order valence-electron chi connectivity index (χ1n) is 8.18. The third kappa shape index (κ3) is 5.10. The Kier molecular flexibility index (Phi) is 5.90. The lowest BCUT2D eigenvalue weighted by molar-refractivity contribution is 0.462. The number of benzene rings is 2. The summed E-state index contributed by atoms with van der Waals surface area (Å²) < 4.78 is 27.8. The van der Waals surface area contributed by atoms with Gasteiger partial charge in [0.05, 0.1) is 11.4 Å². The largest absolute Gasteiger partial charge is 0.299 e. The minimum absolute atomic E-state index is 0.162. The first-order chi connectivity index (χ1) is 11.7. The number of aryl methyl sites for hydroxylation is 1. The molecule has 0 saturated heterocycles. The van der Waals surface area contributed by atoms with Gasteiger partial charge in [-0.3, -0.25) is 0 Å². The second-order valence-corrected chi connectivity index (χ2v) is 8.30. The van der Waals surface area contributed by atoms with Crippen LogP contribution in [0.1, 0.15) is 31.4 Å². The summed E-state index contributed by atoms with van der Waals surface area (Å²) in [5.41, 5.74) is 2.88. The Balaban J connectivity index is 2.00. The first-order valence-corrected chi connectivity index (χ1v) is 9.62. The fourth-order valence-corrected chi connectivity index (χ4v) is 3.19. The fourth-order valence-electron chi connectivity index (χ4n) is 2.38. The van der Waals surface area contributed by atoms with Crippen LogP contribution < -0.4 is 0 Å². The second-order valence-electron chi connectivity index (χ2n) is 6.71. The quantitative estimate of drug-likeness (QED) is 0.635. The highest BCUT2D eigenvalue weighted by Gasteiger charge is 2.22. The normalized spacial score (nSPS) is 12.4. The number of hydrogen-bond donors (Lipinski definition) is 0. The van der Waals surface area contributed by atoms with Crippen molar-refractivity contribution < 1.29 is 8.42 Å². The molecule has 0 saturated carbocycles. The molecule has 0 N–H and O–H groups in total. The van der Waals surface area contributed by atoms with Crippen LogP contribution in [0.5, 0.6) is 0 Å². The highest BCUT2D eigenvalue weighted by Crippen LogP contribution is 2.36. The van der Waals surface area contributed by atoms with E-state index >= 15 is 0 Å². The van der Waals surface area contributed by atoms with E-state index in [0.29, 0.717) is 13.0 Å². The van der Waals surface area contributed by atoms with Crippen LogP contribution in [0.25, 0.3) is 5.57 Å². The van der Waals surface area contributed by atoms with Gasteiger partial charge in [0.2, 0.25) is 0 Å². The molecule has 2 aromatic rings. The molecule has 5 heteroatoms. The summed E-state index contributed by atoms with van der Waals surface area (Å²) in [4.78, 5) is 0.162. The van der Waals surface area contributed by atoms with E-state index in [4.69, 9.17) is 0 Å². The molecule has 0 radical (unpaired) electrons. The van der Waals surface area contributed by atoms with Gasteiger partial charge in [-0.1, -0.05) is 73.0 Å². The third-order valence-corrected chi connectivity index (χ3v) is 5.46. The predicted octanol–water partition coefficient (Wildman–Crippen LogP) is 5.27. The monoisotopic (exact) mass is 356 g/mol. The zero-order chi connectivity index (χ0) is 18.5. The Hall–Kier alpha value is -2.27. The topological polar surface area (TPSA) is 58.9 Å². The Morgan fingerprint density at radius 2 is 1.64 bits per heavy atom. The van der Waals surface area contributed by atoms with Gasteiger partial charge in [-0.15, -0.1) is 0 Å². The van der Waals surface area contributed by atoms with Gasteiger partial charge < -0.3 is 0 Å². The SMILES string of the molecule is C=C(c1ccccc1)C(C)(C)CCN=NS(=O)(=O)c1ccc(C)cc1. The van der Waals surface area contributed by atoms with Crippen molar-refractivity contribution in [1.82, 2.24) is 0 Å². The maximum atomic E-state index is 12.1. The van der Waals surface area contributed by atoms with E-state index in [9.17, 15) is 8.42 Å². The van der Waals surface area contributed by atoms with Crippen LogP contribution in [0, 0.1) is 12.3 Å². The summed E-state index contributed by atoms with van der Waals surface area (Å²) in [7, 11) is -3.73. The number of rotatable bonds is 7. The van der Waals surface area contributed by atoms with Crippen LogP contribution in [-0.2, 0) is 10.0 Å². The summed E-state index contributed by atoms with van der Waals surface area (Å²) in [5, 5.41) is 3.90. The molecule has 0 aliphatic carbocycles. The Labute approximate surface area is 150 Å². The van der Waals surface area contributed by atoms with Crippen molar-refractivity contribution in [3.8, 4) is 0 Å². The van der Waals surface area contributed by atoms with E-state index in [0.717, 1.165) is 16.7 Å². The summed E-state index contributed by atoms with van der Waals surface area (Å²) in [6, 6.07) is 16.5. The molecular weight excluding hydrogens is 332 g/mol. The molecule has 0 aromatic heterocycles. The van der Waals surface area contributed by atoms with Gasteiger partial charge in [0.25, 0.3) is 10.0 Å². The lowest BCUT2D eigenvalue weighted by atomic mass is 9.78. The number of allylic oxidation sites excluding steroid dienone is 1. The number of nitrogens with zero attached hydrogens (tertiary/aromatic N) is 2. The molecular formula is C20H24N2O2S. The molecule has 2 rings (SSSR count). The van der Waals surface area contributed by atoms with E-state index < -0.39 is 10.0 Å². The standard InChI is InChI=1S/C20H24N2O2S/c1-16-10-12-19(13-11-16)25(23,24)22-21-15-14-20(3,4)17(2)18-8-6-5-7-9-18/h5-13H,2,14-15H2,1,3-4H3. The van der Waals surface area contributed by atoms with Crippen molar-refractivity contribution in [3.63, 3.8) is 0 Å². The van der Waals surface area contributed by atoms with Crippen LogP contribution in [0.4, 0.5) is 0 Å². The average Bonchev–Trinajstić information content (AvgIpc) is 2.59. The maximum absolute atomic E-state index is 12.1. The smallest absolute Gasteiger partial charge is 0.198 e. The maximum Gasteiger partial charge on any atom is 0.299 e. The number of hydrogen-bond acceptors (Lipinski definition) is 3. The van der Waals surface area contributed by atoms with E-state index in [1.165, 1.54) is 0 Å². The van der Waals surface area contributed by atoms with E-state index in [1.807, 2.05) is 37.3 Å². The highest BCUT2D eigenvalue weighted by molar-refractivity contribution is 7.90. The molecule has 0 bridgehead atoms. The van der Waals surface area contributed by atoms with Crippen LogP contribution in [0.3, 0.4) is 0 Å². The Morgan fingerprint density at radius 3 is 2.24 bits per heavy atom. The zero-order valence-electron chi connectivity index (χ0n) is 14.9. The van der Waals surface area contributed by atoms with Gasteiger partial charge in [0, 0.05) is 0 Å². The van der Waals surface area contributed by atoms with E-state index in [1.54, 1.807) is 24.3 Å². The van der Waals surface area contributed by atoms with Gasteiger partial charge in [-0.05, 0) is 42.0 Å². The van der Waals surface area contributed by atoms with Gasteiger partial charge in [-0.2, -0.15) is 13.5 Å². The van der Waals surface area contributed by atoms with E-state index in [-0.39, 0.29) is 10.3 Å². The summed E-state index contributed by atoms with van der Waals surface area (Å²) >= 11 is 0. The van der Waals surface area contributed by atoms with Gasteiger partial charge in [-0.25, -0.2) is 0 Å². The van der Waals surface area contributed by atoms with Crippen LogP contribution in [-0.4, -0.2) is 15.0 Å². The lowest BCUT2D eigenvalue weighted by Gasteiger charge is -2.26. The average molecular weight is 356 g/mol. The molecule has 25 heavy (non-hydrogen) atoms. The Bertz CT molecular complexity index is 852. The van der Waals surface area contributed by atoms with Gasteiger partial charge in [0.1, 0.15) is 0 Å². The molecule has 0 aliphatic heterocycles. The number of sulfonamides is 1. The molecule has 0 unspecified atom stereocenters. The molecule has 132 valence electrons. The highest BCUT2D eigenvalue weighted by atomic mass is 32.2. The fraction of sp³-hybridized carbons (Fsp3) is 0.300. The van der Waals surface area contributed by atoms with Crippen molar-refractivity contribution in [2.75, 3.05) is 6.54 Å². The first kappa shape index (κ1) is 19.1. The van der Waals surface area contributed by atoms with Crippen LogP contribution in [0.2, 0.25) is 0 Å². The molecule has 0 aliphatic rings. The summed E-state index contributed by atoms with van der Waals surface area (Å²) in [6.07, 6.45) is 0.660. The summed E-state index contributed by atoms with van der Waals surface area (Å²) in [6.45, 7) is 10.6. The molecule has 4 nitrogen and oxygen atoms in total. The van der Waals surface area contributed by atoms with Crippen molar-refractivity contribution in [3.05, 3.63) is 72.3 Å². The molecule has 0 spiro atoms. The lowest BCUT2D eigenvalue weighted by Crippen LogP contribution is -2.14. The van der Waals surface area contributed by atoms with Gasteiger partial charge in [0.15, 0.2) is 0 Å². The van der Waals surface area contributed by atoms with Crippen molar-refractivity contribution >= 4 is 15.6 Å². The molecule has 0 amide bonds. The Morgan fingerprint density at radius 1 is 1.04 bits per heavy atom. The van der Waals surface area contributed by atoms with Crippen LogP contribution >= 0.6 is 0 Å². The third-order valence-electron chi connectivity index (χ3n) is 4.26. The van der Waals surface area contributed by atoms with E-state index in [2.05, 4.69) is 30.1 Å². The van der Waals surface area contributed by atoms with Crippen LogP contribution in [0.15, 0.2) is 75.7 Å². The van der Waals surface area contributed by atoms with Crippen molar-refractivity contribution in [2.24, 2.45) is 15.0 Å². The molecule has 0 atom stereocenters. The molecule has 0 fully saturated rings.